The zero-order chi connectivity index (χ0) is 23.5. The normalized spacial score (nSPS) is 20.2. The van der Waals surface area contributed by atoms with Crippen molar-refractivity contribution in [1.82, 2.24) is 0 Å². The predicted molar refractivity (Wildman–Crippen MR) is 128 cm³/mol. The molecule has 0 bridgehead atoms. The first-order chi connectivity index (χ1) is 16.1. The minimum absolute atomic E-state index is 0.00309. The van der Waals surface area contributed by atoms with Gasteiger partial charge in [0.25, 0.3) is 5.91 Å². The number of benzene rings is 1. The molecule has 1 aromatic heterocycles. The van der Waals surface area contributed by atoms with Gasteiger partial charge in [0.2, 0.25) is 6.29 Å². The fourth-order valence-electron chi connectivity index (χ4n) is 3.68. The Labute approximate surface area is 198 Å². The summed E-state index contributed by atoms with van der Waals surface area (Å²) in [5, 5.41) is 15.7. The van der Waals surface area contributed by atoms with Crippen LogP contribution in [-0.2, 0) is 23.7 Å². The van der Waals surface area contributed by atoms with Gasteiger partial charge in [-0.25, -0.2) is 0 Å². The Hall–Kier alpha value is -2.43. The monoisotopic (exact) mass is 476 g/mol. The Kier molecular flexibility index (Phi) is 10.2. The SMILES string of the molecule is CCO[C@H]1OC(C(=O)Nc2ccccc2N)=C[C@@H](c2ccsc2)[C@H]1CCOCCOCCO. The standard InChI is InChI=1S/C24H32N2O6S/c1-2-31-24-18(7-10-29-12-13-30-11-9-27)19(17-8-14-33-16-17)15-22(32-24)23(28)26-21-6-4-3-5-20(21)25/h3-6,8,14-16,18-19,24,27H,2,7,9-13,25H2,1H3,(H,26,28)/t18-,19+,24+/m1/s1. The number of nitrogen functional groups attached to an aromatic ring is 1. The van der Waals surface area contributed by atoms with Crippen LogP contribution in [0, 0.1) is 5.92 Å². The van der Waals surface area contributed by atoms with Crippen molar-refractivity contribution in [3.63, 3.8) is 0 Å². The van der Waals surface area contributed by atoms with Gasteiger partial charge in [0.1, 0.15) is 0 Å². The predicted octanol–water partition coefficient (Wildman–Crippen LogP) is 3.36. The van der Waals surface area contributed by atoms with Crippen molar-refractivity contribution in [2.75, 3.05) is 50.7 Å². The van der Waals surface area contributed by atoms with Gasteiger partial charge in [0.15, 0.2) is 5.76 Å². The lowest BCUT2D eigenvalue weighted by molar-refractivity contribution is -0.166. The molecule has 3 atom stereocenters. The first kappa shape index (κ1) is 25.2. The van der Waals surface area contributed by atoms with Crippen LogP contribution in [0.25, 0.3) is 0 Å². The topological polar surface area (TPSA) is 112 Å². The minimum atomic E-state index is -0.590. The van der Waals surface area contributed by atoms with Gasteiger partial charge in [-0.05, 0) is 53.9 Å². The highest BCUT2D eigenvalue weighted by atomic mass is 32.1. The fourth-order valence-corrected chi connectivity index (χ4v) is 4.39. The van der Waals surface area contributed by atoms with Crippen LogP contribution >= 0.6 is 11.3 Å². The number of hydrogen-bond donors (Lipinski definition) is 3. The van der Waals surface area contributed by atoms with Gasteiger partial charge in [-0.15, -0.1) is 0 Å². The second-order valence-electron chi connectivity index (χ2n) is 7.50. The number of nitrogens with one attached hydrogen (secondary N) is 1. The summed E-state index contributed by atoms with van der Waals surface area (Å²) < 4.78 is 22.9. The van der Waals surface area contributed by atoms with Crippen LogP contribution < -0.4 is 11.1 Å². The number of carbonyl (C=O) groups excluding carboxylic acids is 1. The summed E-state index contributed by atoms with van der Waals surface area (Å²) in [6.45, 7) is 4.02. The summed E-state index contributed by atoms with van der Waals surface area (Å²) in [6.07, 6.45) is 1.96. The smallest absolute Gasteiger partial charge is 0.290 e. The van der Waals surface area contributed by atoms with E-state index in [2.05, 4.69) is 16.8 Å². The third-order valence-corrected chi connectivity index (χ3v) is 5.98. The number of ether oxygens (including phenoxy) is 4. The molecule has 1 aromatic carbocycles. The van der Waals surface area contributed by atoms with E-state index >= 15 is 0 Å². The molecule has 0 saturated heterocycles. The molecular weight excluding hydrogens is 444 g/mol. The average Bonchev–Trinajstić information content (AvgIpc) is 3.35. The molecule has 0 spiro atoms. The van der Waals surface area contributed by atoms with Crippen LogP contribution in [0.15, 0.2) is 52.9 Å². The molecular formula is C24H32N2O6S. The van der Waals surface area contributed by atoms with E-state index in [0.29, 0.717) is 50.8 Å². The van der Waals surface area contributed by atoms with Gasteiger partial charge in [-0.2, -0.15) is 11.3 Å². The number of aliphatic hydroxyl groups excluding tert-OH is 1. The molecule has 2 heterocycles. The molecule has 0 saturated carbocycles. The van der Waals surface area contributed by atoms with E-state index in [1.54, 1.807) is 23.5 Å². The van der Waals surface area contributed by atoms with Crippen LogP contribution in [0.4, 0.5) is 11.4 Å². The van der Waals surface area contributed by atoms with E-state index in [0.717, 1.165) is 5.56 Å². The summed E-state index contributed by atoms with van der Waals surface area (Å²) in [5.74, 6) is -0.253. The molecule has 9 heteroatoms. The largest absolute Gasteiger partial charge is 0.459 e. The minimum Gasteiger partial charge on any atom is -0.459 e. The Morgan fingerprint density at radius 2 is 1.97 bits per heavy atom. The number of amides is 1. The van der Waals surface area contributed by atoms with Gasteiger partial charge < -0.3 is 35.1 Å². The highest BCUT2D eigenvalue weighted by molar-refractivity contribution is 7.08. The maximum absolute atomic E-state index is 13.0. The van der Waals surface area contributed by atoms with Gasteiger partial charge in [-0.3, -0.25) is 4.79 Å². The maximum atomic E-state index is 13.0. The number of aliphatic hydroxyl groups is 1. The molecule has 0 radical (unpaired) electrons. The van der Waals surface area contributed by atoms with Crippen molar-refractivity contribution in [3.8, 4) is 0 Å². The molecule has 1 aliphatic rings. The van der Waals surface area contributed by atoms with Crippen LogP contribution in [0.1, 0.15) is 24.8 Å². The first-order valence-electron chi connectivity index (χ1n) is 11.1. The van der Waals surface area contributed by atoms with Crippen LogP contribution in [0.2, 0.25) is 0 Å². The van der Waals surface area contributed by atoms with E-state index in [9.17, 15) is 4.79 Å². The van der Waals surface area contributed by atoms with Crippen LogP contribution in [-0.4, -0.2) is 56.9 Å². The molecule has 1 amide bonds. The van der Waals surface area contributed by atoms with Crippen molar-refractivity contribution < 1.29 is 28.8 Å². The molecule has 2 aromatic rings. The quantitative estimate of drug-likeness (QED) is 0.300. The van der Waals surface area contributed by atoms with Crippen LogP contribution in [0.3, 0.4) is 0 Å². The number of para-hydroxylation sites is 2. The molecule has 180 valence electrons. The van der Waals surface area contributed by atoms with E-state index in [4.69, 9.17) is 29.8 Å². The zero-order valence-electron chi connectivity index (χ0n) is 18.8. The van der Waals surface area contributed by atoms with E-state index < -0.39 is 6.29 Å². The van der Waals surface area contributed by atoms with Gasteiger partial charge in [0.05, 0.1) is 37.8 Å². The Bertz CT molecular complexity index is 889. The second kappa shape index (κ2) is 13.3. The van der Waals surface area contributed by atoms with Gasteiger partial charge in [0, 0.05) is 25.0 Å². The fraction of sp³-hybridized carbons (Fsp3) is 0.458. The van der Waals surface area contributed by atoms with Crippen LogP contribution in [0.5, 0.6) is 0 Å². The highest BCUT2D eigenvalue weighted by Gasteiger charge is 2.38. The van der Waals surface area contributed by atoms with Crippen molar-refractivity contribution in [2.45, 2.75) is 25.6 Å². The number of nitrogens with two attached hydrogens (primary N) is 1. The Morgan fingerprint density at radius 1 is 1.18 bits per heavy atom. The molecule has 33 heavy (non-hydrogen) atoms. The van der Waals surface area contributed by atoms with Crippen molar-refractivity contribution in [1.29, 1.82) is 0 Å². The molecule has 0 aliphatic carbocycles. The van der Waals surface area contributed by atoms with E-state index in [1.807, 2.05) is 30.5 Å². The summed E-state index contributed by atoms with van der Waals surface area (Å²) in [6, 6.07) is 9.15. The van der Waals surface area contributed by atoms with E-state index in [1.165, 1.54) is 0 Å². The summed E-state index contributed by atoms with van der Waals surface area (Å²) in [4.78, 5) is 13.0. The van der Waals surface area contributed by atoms with Crippen molar-refractivity contribution >= 4 is 28.6 Å². The Balaban J connectivity index is 1.73. The van der Waals surface area contributed by atoms with E-state index in [-0.39, 0.29) is 30.1 Å². The summed E-state index contributed by atoms with van der Waals surface area (Å²) >= 11 is 1.61. The van der Waals surface area contributed by atoms with Crippen molar-refractivity contribution in [3.05, 3.63) is 58.5 Å². The third-order valence-electron chi connectivity index (χ3n) is 5.28. The number of anilines is 2. The third kappa shape index (κ3) is 7.28. The first-order valence-corrected chi connectivity index (χ1v) is 12.0. The molecule has 4 N–H and O–H groups in total. The molecule has 0 fully saturated rings. The number of allylic oxidation sites excluding steroid dienone is 1. The molecule has 0 unspecified atom stereocenters. The average molecular weight is 477 g/mol. The number of carbonyl (C=O) groups is 1. The van der Waals surface area contributed by atoms with Crippen molar-refractivity contribution in [2.24, 2.45) is 5.92 Å². The molecule has 3 rings (SSSR count). The van der Waals surface area contributed by atoms with Gasteiger partial charge in [-0.1, -0.05) is 12.1 Å². The highest BCUT2D eigenvalue weighted by Crippen LogP contribution is 2.39. The maximum Gasteiger partial charge on any atom is 0.290 e. The number of rotatable bonds is 13. The lowest BCUT2D eigenvalue weighted by Crippen LogP contribution is -2.38. The lowest BCUT2D eigenvalue weighted by atomic mass is 9.82. The lowest BCUT2D eigenvalue weighted by Gasteiger charge is -2.36. The molecule has 1 aliphatic heterocycles. The second-order valence-corrected chi connectivity index (χ2v) is 8.28. The summed E-state index contributed by atoms with van der Waals surface area (Å²) in [7, 11) is 0. The number of hydrogen-bond acceptors (Lipinski definition) is 8. The van der Waals surface area contributed by atoms with Gasteiger partial charge >= 0.3 is 0 Å². The number of thiophene rings is 1. The Morgan fingerprint density at radius 3 is 2.67 bits per heavy atom. The summed E-state index contributed by atoms with van der Waals surface area (Å²) in [5.41, 5.74) is 8.09. The zero-order valence-corrected chi connectivity index (χ0v) is 19.6. The molecule has 8 nitrogen and oxygen atoms in total.